The van der Waals surface area contributed by atoms with Crippen molar-refractivity contribution in [2.75, 3.05) is 40.1 Å². The van der Waals surface area contributed by atoms with E-state index in [0.717, 1.165) is 0 Å². The Morgan fingerprint density at radius 1 is 1.35 bits per heavy atom. The van der Waals surface area contributed by atoms with Crippen LogP contribution in [0.3, 0.4) is 0 Å². The molecule has 0 saturated heterocycles. The number of rotatable bonds is 4. The van der Waals surface area contributed by atoms with Crippen molar-refractivity contribution in [1.82, 2.24) is 4.48 Å². The van der Waals surface area contributed by atoms with Crippen LogP contribution in [0.2, 0.25) is 0 Å². The van der Waals surface area contributed by atoms with Gasteiger partial charge in [0.1, 0.15) is 21.9 Å². The van der Waals surface area contributed by atoms with Crippen molar-refractivity contribution >= 4 is 27.6 Å². The van der Waals surface area contributed by atoms with E-state index < -0.39 is 10.1 Å². The standard InChI is InChI=1S/C15H18N4O3S/c1-18(2)13-8-14(19(3,4)5)12(6-11(9-16)10-17)7-15(13)23(20,21)22/h6-8H,1-5H3/p+1. The highest BCUT2D eigenvalue weighted by molar-refractivity contribution is 7.86. The molecule has 0 bridgehead atoms. The van der Waals surface area contributed by atoms with Crippen molar-refractivity contribution in [2.24, 2.45) is 0 Å². The summed E-state index contributed by atoms with van der Waals surface area (Å²) in [4.78, 5) is 1.18. The maximum absolute atomic E-state index is 11.6. The molecule has 8 heteroatoms. The van der Waals surface area contributed by atoms with Crippen LogP contribution in [-0.2, 0) is 10.1 Å². The van der Waals surface area contributed by atoms with E-state index in [1.54, 1.807) is 31.1 Å². The smallest absolute Gasteiger partial charge is 0.319 e. The minimum absolute atomic E-state index is 0.0634. The molecule has 1 N–H and O–H groups in total. The van der Waals surface area contributed by atoms with Gasteiger partial charge in [-0.05, 0) is 12.1 Å². The summed E-state index contributed by atoms with van der Waals surface area (Å²) < 4.78 is 35.0. The number of nitrogens with one attached hydrogen (secondary N) is 1. The molecule has 0 spiro atoms. The first-order valence-corrected chi connectivity index (χ1v) is 8.00. The number of anilines is 1. The molecule has 0 unspecified atom stereocenters. The fraction of sp³-hybridized carbons (Fsp3) is 0.333. The molecule has 7 nitrogen and oxygen atoms in total. The van der Waals surface area contributed by atoms with E-state index in [1.807, 2.05) is 27.2 Å². The maximum atomic E-state index is 11.6. The average Bonchev–Trinajstić information content (AvgIpc) is 2.41. The first kappa shape index (κ1) is 18.7. The van der Waals surface area contributed by atoms with E-state index in [-0.39, 0.29) is 16.2 Å². The van der Waals surface area contributed by atoms with Gasteiger partial charge in [0.25, 0.3) is 0 Å². The molecule has 0 aliphatic rings. The van der Waals surface area contributed by atoms with Gasteiger partial charge in [-0.25, -0.2) is 8.42 Å². The zero-order valence-corrected chi connectivity index (χ0v) is 14.5. The van der Waals surface area contributed by atoms with Gasteiger partial charge in [-0.2, -0.15) is 5.26 Å². The first-order chi connectivity index (χ1) is 10.4. The van der Waals surface area contributed by atoms with Crippen molar-refractivity contribution in [3.63, 3.8) is 0 Å². The van der Waals surface area contributed by atoms with E-state index in [9.17, 15) is 13.0 Å². The van der Waals surface area contributed by atoms with E-state index in [1.165, 1.54) is 12.1 Å². The molecule has 23 heavy (non-hydrogen) atoms. The number of hydrogen-bond acceptors (Lipinski definition) is 5. The molecule has 0 aliphatic heterocycles. The Morgan fingerprint density at radius 2 is 1.91 bits per heavy atom. The summed E-state index contributed by atoms with van der Waals surface area (Å²) >= 11 is 0. The van der Waals surface area contributed by atoms with Gasteiger partial charge < -0.3 is 9.45 Å². The fourth-order valence-corrected chi connectivity index (χ4v) is 2.84. The van der Waals surface area contributed by atoms with Gasteiger partial charge in [0.15, 0.2) is 5.57 Å². The number of nitriles is 1. The summed E-state index contributed by atoms with van der Waals surface area (Å²) in [6.45, 7) is 0. The Bertz CT molecular complexity index is 819. The van der Waals surface area contributed by atoms with Gasteiger partial charge in [-0.1, -0.05) is 5.26 Å². The van der Waals surface area contributed by atoms with Crippen molar-refractivity contribution in [1.29, 1.82) is 5.26 Å². The van der Waals surface area contributed by atoms with E-state index in [0.29, 0.717) is 15.7 Å². The lowest BCUT2D eigenvalue weighted by atomic mass is 10.1. The number of quaternary nitrogens is 1. The average molecular weight is 335 g/mol. The molecule has 0 fully saturated rings. The normalized spacial score (nSPS) is 12.4. The van der Waals surface area contributed by atoms with Gasteiger partial charge in [-0.15, -0.1) is 0 Å². The van der Waals surface area contributed by atoms with Crippen LogP contribution in [0.5, 0.6) is 0 Å². The second kappa shape index (κ2) is 6.39. The SMILES string of the molecule is CN(C)c1cc([N+](C)(C)C)c(C=C(C#N)C#[NH+])cc1S(=O)(=O)[O-]. The summed E-state index contributed by atoms with van der Waals surface area (Å²) in [6, 6.07) is 6.62. The first-order valence-electron chi connectivity index (χ1n) is 6.59. The monoisotopic (exact) mass is 335 g/mol. The zero-order chi connectivity index (χ0) is 18.0. The zero-order valence-electron chi connectivity index (χ0n) is 13.7. The largest absolute Gasteiger partial charge is 0.744 e. The Balaban J connectivity index is 3.92. The molecule has 1 aromatic rings. The second-order valence-corrected chi connectivity index (χ2v) is 7.38. The number of nitrogens with zero attached hydrogens (tertiary/aromatic N) is 3. The minimum atomic E-state index is -4.69. The molecule has 0 atom stereocenters. The van der Waals surface area contributed by atoms with Gasteiger partial charge >= 0.3 is 6.07 Å². The topological polar surface area (TPSA) is 108 Å². The highest BCUT2D eigenvalue weighted by atomic mass is 32.2. The number of hydrogen-bond donors (Lipinski definition) is 1. The molecule has 0 aromatic heterocycles. The molecule has 0 radical (unpaired) electrons. The molecule has 0 heterocycles. The lowest BCUT2D eigenvalue weighted by Crippen LogP contribution is -2.36. The van der Waals surface area contributed by atoms with Crippen LogP contribution in [0, 0.1) is 17.4 Å². The lowest BCUT2D eigenvalue weighted by molar-refractivity contribution is -0.0908. The van der Waals surface area contributed by atoms with Gasteiger partial charge in [-0.3, -0.25) is 4.48 Å². The van der Waals surface area contributed by atoms with Crippen LogP contribution in [0.25, 0.3) is 6.08 Å². The number of benzene rings is 1. The molecule has 0 aliphatic carbocycles. The third-order valence-electron chi connectivity index (χ3n) is 3.14. The summed E-state index contributed by atoms with van der Waals surface area (Å²) in [5, 5.41) is 16.0. The van der Waals surface area contributed by atoms with Crippen LogP contribution >= 0.6 is 0 Å². The molecule has 122 valence electrons. The third-order valence-corrected chi connectivity index (χ3v) is 4.00. The predicted octanol–water partition coefficient (Wildman–Crippen LogP) is -0.467. The Kier molecular flexibility index (Phi) is 5.18. The molecule has 1 rings (SSSR count). The lowest BCUT2D eigenvalue weighted by Gasteiger charge is -2.28. The Morgan fingerprint density at radius 3 is 2.26 bits per heavy atom. The van der Waals surface area contributed by atoms with Crippen LogP contribution in [0.4, 0.5) is 11.4 Å². The highest BCUT2D eigenvalue weighted by Gasteiger charge is 2.23. The Labute approximate surface area is 136 Å². The van der Waals surface area contributed by atoms with Crippen molar-refractivity contribution in [2.45, 2.75) is 4.90 Å². The van der Waals surface area contributed by atoms with E-state index >= 15 is 0 Å². The van der Waals surface area contributed by atoms with E-state index in [4.69, 9.17) is 10.5 Å². The van der Waals surface area contributed by atoms with Gasteiger partial charge in [0.2, 0.25) is 0 Å². The highest BCUT2D eigenvalue weighted by Crippen LogP contribution is 2.35. The maximum Gasteiger partial charge on any atom is 0.319 e. The summed E-state index contributed by atoms with van der Waals surface area (Å²) in [5.74, 6) is 0. The summed E-state index contributed by atoms with van der Waals surface area (Å²) in [7, 11) is 4.22. The summed E-state index contributed by atoms with van der Waals surface area (Å²) in [6.07, 6.45) is 1.35. The van der Waals surface area contributed by atoms with Crippen LogP contribution in [0.1, 0.15) is 5.56 Å². The quantitative estimate of drug-likeness (QED) is 0.455. The number of allylic oxidation sites excluding steroid dienone is 1. The minimum Gasteiger partial charge on any atom is -0.744 e. The second-order valence-electron chi connectivity index (χ2n) is 6.03. The van der Waals surface area contributed by atoms with Crippen LogP contribution in [0.15, 0.2) is 22.6 Å². The molecular weight excluding hydrogens is 316 g/mol. The van der Waals surface area contributed by atoms with Crippen LogP contribution < -0.4 is 14.6 Å². The van der Waals surface area contributed by atoms with Gasteiger partial charge in [0, 0.05) is 25.7 Å². The summed E-state index contributed by atoms with van der Waals surface area (Å²) in [5.41, 5.74) is 1.29. The van der Waals surface area contributed by atoms with Crippen molar-refractivity contribution in [3.05, 3.63) is 23.3 Å². The fourth-order valence-electron chi connectivity index (χ4n) is 2.07. The molecule has 1 aromatic carbocycles. The Hall–Kier alpha value is -2.39. The molecule has 0 amide bonds. The molecule has 0 saturated carbocycles. The van der Waals surface area contributed by atoms with Crippen molar-refractivity contribution < 1.29 is 18.2 Å². The van der Waals surface area contributed by atoms with E-state index in [2.05, 4.69) is 0 Å². The molecular formula is C15H19N4O3S+. The predicted molar refractivity (Wildman–Crippen MR) is 86.7 cm³/mol. The van der Waals surface area contributed by atoms with Crippen molar-refractivity contribution in [3.8, 4) is 12.1 Å². The van der Waals surface area contributed by atoms with Crippen LogP contribution in [-0.4, -0.2) is 48.2 Å². The van der Waals surface area contributed by atoms with Gasteiger partial charge in [0.05, 0.1) is 31.7 Å². The third kappa shape index (κ3) is 4.30.